The molecule has 5 N–H and O–H groups in total. The molecule has 5 nitrogen and oxygen atoms in total. The van der Waals surface area contributed by atoms with Crippen LogP contribution in [0.25, 0.3) is 0 Å². The van der Waals surface area contributed by atoms with E-state index in [0.717, 1.165) is 5.56 Å². The fourth-order valence-electron chi connectivity index (χ4n) is 2.36. The molecule has 100 valence electrons. The Labute approximate surface area is 106 Å². The predicted octanol–water partition coefficient (Wildman–Crippen LogP) is -1.36. The van der Waals surface area contributed by atoms with E-state index in [9.17, 15) is 15.3 Å². The molecule has 0 saturated carbocycles. The van der Waals surface area contributed by atoms with Crippen LogP contribution in [0.15, 0.2) is 30.3 Å². The zero-order valence-corrected chi connectivity index (χ0v) is 9.98. The van der Waals surface area contributed by atoms with Gasteiger partial charge in [-0.2, -0.15) is 0 Å². The van der Waals surface area contributed by atoms with Crippen molar-refractivity contribution in [3.8, 4) is 0 Å². The van der Waals surface area contributed by atoms with Crippen molar-refractivity contribution in [3.05, 3.63) is 35.9 Å². The van der Waals surface area contributed by atoms with Gasteiger partial charge in [0.05, 0.1) is 24.9 Å². The van der Waals surface area contributed by atoms with Crippen molar-refractivity contribution in [2.45, 2.75) is 36.8 Å². The third-order valence-electron chi connectivity index (χ3n) is 3.45. The van der Waals surface area contributed by atoms with Crippen molar-refractivity contribution in [3.63, 3.8) is 0 Å². The molecule has 2 rings (SSSR count). The summed E-state index contributed by atoms with van der Waals surface area (Å²) < 4.78 is 0. The molecule has 1 aromatic carbocycles. The highest BCUT2D eigenvalue weighted by Gasteiger charge is 2.41. The number of aliphatic hydroxyl groups is 4. The van der Waals surface area contributed by atoms with Gasteiger partial charge in [-0.1, -0.05) is 30.3 Å². The number of hydrogen-bond donors (Lipinski definition) is 5. The smallest absolute Gasteiger partial charge is 0.109 e. The quantitative estimate of drug-likeness (QED) is 0.459. The highest BCUT2D eigenvalue weighted by atomic mass is 16.4. The van der Waals surface area contributed by atoms with Crippen LogP contribution in [0.5, 0.6) is 0 Å². The zero-order chi connectivity index (χ0) is 13.1. The van der Waals surface area contributed by atoms with Crippen molar-refractivity contribution in [2.24, 2.45) is 0 Å². The van der Waals surface area contributed by atoms with Crippen molar-refractivity contribution in [2.75, 3.05) is 6.61 Å². The first-order chi connectivity index (χ1) is 8.63. The summed E-state index contributed by atoms with van der Waals surface area (Å²) in [7, 11) is 0. The molecule has 5 heteroatoms. The highest BCUT2D eigenvalue weighted by Crippen LogP contribution is 2.18. The molecule has 0 spiro atoms. The molecule has 1 heterocycles. The van der Waals surface area contributed by atoms with Gasteiger partial charge in [-0.25, -0.2) is 0 Å². The minimum Gasteiger partial charge on any atom is -0.395 e. The van der Waals surface area contributed by atoms with Gasteiger partial charge in [0.15, 0.2) is 0 Å². The Morgan fingerprint density at radius 1 is 0.889 bits per heavy atom. The van der Waals surface area contributed by atoms with Crippen LogP contribution in [-0.4, -0.2) is 57.4 Å². The molecular weight excluding hydrogens is 234 g/mol. The topological polar surface area (TPSA) is 93.0 Å². The number of nitrogens with one attached hydrogen (secondary N) is 1. The highest BCUT2D eigenvalue weighted by molar-refractivity contribution is 5.17. The minimum atomic E-state index is -1.24. The Morgan fingerprint density at radius 2 is 1.50 bits per heavy atom. The van der Waals surface area contributed by atoms with E-state index in [1.807, 2.05) is 30.3 Å². The fourth-order valence-corrected chi connectivity index (χ4v) is 2.36. The first-order valence-corrected chi connectivity index (χ1v) is 6.08. The van der Waals surface area contributed by atoms with E-state index < -0.39 is 24.4 Å². The molecule has 1 fully saturated rings. The summed E-state index contributed by atoms with van der Waals surface area (Å²) in [5.41, 5.74) is 1.02. The fraction of sp³-hybridized carbons (Fsp3) is 0.538. The standard InChI is InChI=1S/C13H19NO4/c15-7-10-12(17)13(18)11(16)9(14-10)6-8-4-2-1-3-5-8/h1-5,9-18H,6-7H2/t9?,10-,11+,12-,13-/m1/s1. The van der Waals surface area contributed by atoms with Crippen LogP contribution >= 0.6 is 0 Å². The summed E-state index contributed by atoms with van der Waals surface area (Å²) in [6.07, 6.45) is -2.92. The average molecular weight is 253 g/mol. The summed E-state index contributed by atoms with van der Waals surface area (Å²) >= 11 is 0. The Bertz CT molecular complexity index is 371. The van der Waals surface area contributed by atoms with Gasteiger partial charge in [-0.05, 0) is 12.0 Å². The summed E-state index contributed by atoms with van der Waals surface area (Å²) in [5, 5.41) is 41.4. The van der Waals surface area contributed by atoms with Crippen LogP contribution in [0, 0.1) is 0 Å². The lowest BCUT2D eigenvalue weighted by Crippen LogP contribution is -2.66. The van der Waals surface area contributed by atoms with E-state index in [0.29, 0.717) is 6.42 Å². The minimum absolute atomic E-state index is 0.282. The molecule has 0 amide bonds. The van der Waals surface area contributed by atoms with Crippen LogP contribution < -0.4 is 5.32 Å². The number of piperidine rings is 1. The summed E-state index contributed by atoms with van der Waals surface area (Å²) in [5.74, 6) is 0. The first-order valence-electron chi connectivity index (χ1n) is 6.08. The summed E-state index contributed by atoms with van der Waals surface area (Å²) in [6.45, 7) is -0.282. The summed E-state index contributed by atoms with van der Waals surface area (Å²) in [6, 6.07) is 8.57. The first kappa shape index (κ1) is 13.5. The molecule has 5 atom stereocenters. The molecule has 0 aromatic heterocycles. The van der Waals surface area contributed by atoms with E-state index in [4.69, 9.17) is 5.11 Å². The zero-order valence-electron chi connectivity index (χ0n) is 9.98. The number of benzene rings is 1. The normalized spacial score (nSPS) is 36.6. The maximum absolute atomic E-state index is 9.93. The Hall–Kier alpha value is -0.980. The molecular formula is C13H19NO4. The second kappa shape index (κ2) is 5.77. The Morgan fingerprint density at radius 3 is 2.11 bits per heavy atom. The third kappa shape index (κ3) is 2.71. The van der Waals surface area contributed by atoms with Crippen molar-refractivity contribution in [1.82, 2.24) is 5.32 Å². The van der Waals surface area contributed by atoms with Gasteiger partial charge >= 0.3 is 0 Å². The lowest BCUT2D eigenvalue weighted by molar-refractivity contribution is -0.119. The molecule has 0 radical (unpaired) electrons. The average Bonchev–Trinajstić information content (AvgIpc) is 2.40. The van der Waals surface area contributed by atoms with Crippen molar-refractivity contribution < 1.29 is 20.4 Å². The van der Waals surface area contributed by atoms with Crippen molar-refractivity contribution >= 4 is 0 Å². The van der Waals surface area contributed by atoms with Crippen LogP contribution in [0.2, 0.25) is 0 Å². The van der Waals surface area contributed by atoms with Crippen molar-refractivity contribution in [1.29, 1.82) is 0 Å². The maximum atomic E-state index is 9.93. The van der Waals surface area contributed by atoms with Crippen LogP contribution in [0.4, 0.5) is 0 Å². The number of rotatable bonds is 3. The van der Waals surface area contributed by atoms with E-state index >= 15 is 0 Å². The predicted molar refractivity (Wildman–Crippen MR) is 66.0 cm³/mol. The summed E-state index contributed by atoms with van der Waals surface area (Å²) in [4.78, 5) is 0. The van der Waals surface area contributed by atoms with Gasteiger partial charge in [0.2, 0.25) is 0 Å². The van der Waals surface area contributed by atoms with Gasteiger partial charge in [0, 0.05) is 6.04 Å². The van der Waals surface area contributed by atoms with E-state index in [1.165, 1.54) is 0 Å². The maximum Gasteiger partial charge on any atom is 0.109 e. The monoisotopic (exact) mass is 253 g/mol. The second-order valence-corrected chi connectivity index (χ2v) is 4.72. The lowest BCUT2D eigenvalue weighted by atomic mass is 9.87. The molecule has 1 aromatic rings. The van der Waals surface area contributed by atoms with Gasteiger partial charge in [0.25, 0.3) is 0 Å². The molecule has 1 saturated heterocycles. The van der Waals surface area contributed by atoms with E-state index in [1.54, 1.807) is 0 Å². The van der Waals surface area contributed by atoms with Gasteiger partial charge < -0.3 is 25.7 Å². The number of hydrogen-bond acceptors (Lipinski definition) is 5. The molecule has 0 aliphatic carbocycles. The number of aliphatic hydroxyl groups excluding tert-OH is 4. The Balaban J connectivity index is 2.08. The van der Waals surface area contributed by atoms with Gasteiger partial charge in [-0.15, -0.1) is 0 Å². The van der Waals surface area contributed by atoms with Gasteiger partial charge in [-0.3, -0.25) is 0 Å². The molecule has 1 aliphatic rings. The molecule has 0 bridgehead atoms. The van der Waals surface area contributed by atoms with Crippen LogP contribution in [0.1, 0.15) is 5.56 Å². The van der Waals surface area contributed by atoms with E-state index in [2.05, 4.69) is 5.32 Å². The van der Waals surface area contributed by atoms with Gasteiger partial charge in [0.1, 0.15) is 6.10 Å². The van der Waals surface area contributed by atoms with Crippen LogP contribution in [0.3, 0.4) is 0 Å². The largest absolute Gasteiger partial charge is 0.395 e. The third-order valence-corrected chi connectivity index (χ3v) is 3.45. The molecule has 1 unspecified atom stereocenters. The van der Waals surface area contributed by atoms with E-state index in [-0.39, 0.29) is 12.6 Å². The lowest BCUT2D eigenvalue weighted by Gasteiger charge is -2.41. The van der Waals surface area contributed by atoms with Crippen LogP contribution in [-0.2, 0) is 6.42 Å². The second-order valence-electron chi connectivity index (χ2n) is 4.72. The SMILES string of the molecule is OC[C@H]1NC(Cc2ccccc2)[C@H](O)[C@@H](O)[C@@H]1O. The molecule has 18 heavy (non-hydrogen) atoms. The molecule has 1 aliphatic heterocycles. The Kier molecular flexibility index (Phi) is 4.31.